The van der Waals surface area contributed by atoms with E-state index in [4.69, 9.17) is 23.7 Å². The number of likely N-dealkylation sites (tertiary alicyclic amines) is 1. The van der Waals surface area contributed by atoms with E-state index in [1.807, 2.05) is 20.0 Å². The molecule has 1 saturated heterocycles. The topological polar surface area (TPSA) is 150 Å². The van der Waals surface area contributed by atoms with Gasteiger partial charge in [-0.05, 0) is 99.0 Å². The average molecular weight is 643 g/mol. The molecule has 0 radical (unpaired) electrons. The summed E-state index contributed by atoms with van der Waals surface area (Å²) in [5, 5.41) is 14.7. The standard InChI is InChI=1S/C34H46N2O10/c1-18-10-11-20-16-23-34(41)13-12-22(27-33(34,14-15-36(23)9)25(20)26(18)44-27)43-28(38)19(2)42-29(39)21(17-24(37)45-31(3,4)5)35-30(40)46-32(6,7)8/h10-12,19,21,23,27,41H,13-17H2,1-9H3,(H,35,40)/t19-,21-,23+,27-,33-,34+/m0/s1. The second kappa shape index (κ2) is 11.6. The summed E-state index contributed by atoms with van der Waals surface area (Å²) in [4.78, 5) is 53.9. The number of likely N-dealkylation sites (N-methyl/N-ethyl adjacent to an activating group) is 1. The normalized spacial score (nSPS) is 27.7. The minimum atomic E-state index is -1.49. The molecule has 1 fully saturated rings. The molecule has 0 aromatic heterocycles. The number of aryl methyl sites for hydroxylation is 1. The summed E-state index contributed by atoms with van der Waals surface area (Å²) in [5.41, 5.74) is -0.595. The van der Waals surface area contributed by atoms with Gasteiger partial charge in [0.05, 0.1) is 17.4 Å². The van der Waals surface area contributed by atoms with Gasteiger partial charge in [-0.1, -0.05) is 12.1 Å². The molecule has 2 heterocycles. The lowest BCUT2D eigenvalue weighted by molar-refractivity contribution is -0.176. The molecule has 2 aliphatic heterocycles. The number of nitrogens with zero attached hydrogens (tertiary/aromatic N) is 1. The van der Waals surface area contributed by atoms with Crippen LogP contribution in [0.5, 0.6) is 5.75 Å². The summed E-state index contributed by atoms with van der Waals surface area (Å²) >= 11 is 0. The van der Waals surface area contributed by atoms with Gasteiger partial charge in [-0.3, -0.25) is 4.79 Å². The van der Waals surface area contributed by atoms with Gasteiger partial charge in [-0.25, -0.2) is 14.4 Å². The zero-order chi connectivity index (χ0) is 34.0. The Morgan fingerprint density at radius 1 is 1.09 bits per heavy atom. The zero-order valence-electron chi connectivity index (χ0n) is 28.1. The van der Waals surface area contributed by atoms with Gasteiger partial charge in [0.1, 0.15) is 28.8 Å². The Kier molecular flexibility index (Phi) is 8.47. The summed E-state index contributed by atoms with van der Waals surface area (Å²) in [6.45, 7) is 14.0. The maximum Gasteiger partial charge on any atom is 0.408 e. The number of alkyl carbamates (subject to hydrolysis) is 1. The molecule has 252 valence electrons. The summed E-state index contributed by atoms with van der Waals surface area (Å²) in [6.07, 6.45) is -0.410. The van der Waals surface area contributed by atoms with E-state index in [1.54, 1.807) is 47.6 Å². The largest absolute Gasteiger partial charge is 0.481 e. The maximum absolute atomic E-state index is 13.4. The van der Waals surface area contributed by atoms with E-state index in [1.165, 1.54) is 6.92 Å². The van der Waals surface area contributed by atoms with E-state index in [0.29, 0.717) is 18.6 Å². The Hall–Kier alpha value is -3.64. The first-order valence-electron chi connectivity index (χ1n) is 15.8. The van der Waals surface area contributed by atoms with Crippen LogP contribution in [0.2, 0.25) is 0 Å². The minimum absolute atomic E-state index is 0.138. The third-order valence-electron chi connectivity index (χ3n) is 9.18. The molecule has 5 rings (SSSR count). The zero-order valence-corrected chi connectivity index (χ0v) is 28.1. The minimum Gasteiger partial charge on any atom is -0.481 e. The van der Waals surface area contributed by atoms with Crippen molar-refractivity contribution in [3.05, 3.63) is 40.7 Å². The lowest BCUT2D eigenvalue weighted by atomic mass is 9.50. The van der Waals surface area contributed by atoms with E-state index < -0.39 is 70.9 Å². The van der Waals surface area contributed by atoms with Crippen LogP contribution in [0.15, 0.2) is 24.0 Å². The molecule has 1 aromatic rings. The number of hydrogen-bond acceptors (Lipinski definition) is 11. The molecule has 2 bridgehead atoms. The number of amides is 1. The van der Waals surface area contributed by atoms with Crippen LogP contribution >= 0.6 is 0 Å². The fraction of sp³-hybridized carbons (Fsp3) is 0.647. The van der Waals surface area contributed by atoms with E-state index in [-0.39, 0.29) is 18.2 Å². The van der Waals surface area contributed by atoms with Crippen LogP contribution in [-0.2, 0) is 45.2 Å². The van der Waals surface area contributed by atoms with Crippen LogP contribution in [0.25, 0.3) is 0 Å². The average Bonchev–Trinajstić information content (AvgIpc) is 3.27. The number of nitrogens with one attached hydrogen (secondary N) is 1. The van der Waals surface area contributed by atoms with Gasteiger partial charge in [0.25, 0.3) is 0 Å². The number of esters is 3. The number of hydrogen-bond donors (Lipinski definition) is 2. The number of ether oxygens (including phenoxy) is 5. The van der Waals surface area contributed by atoms with Gasteiger partial charge in [0.2, 0.25) is 0 Å². The highest BCUT2D eigenvalue weighted by atomic mass is 16.6. The van der Waals surface area contributed by atoms with Gasteiger partial charge in [-0.2, -0.15) is 0 Å². The number of piperidine rings is 1. The van der Waals surface area contributed by atoms with Crippen molar-refractivity contribution in [1.29, 1.82) is 0 Å². The Balaban J connectivity index is 1.33. The first-order chi connectivity index (χ1) is 21.3. The predicted molar refractivity (Wildman–Crippen MR) is 165 cm³/mol. The van der Waals surface area contributed by atoms with Crippen molar-refractivity contribution in [2.45, 2.75) is 128 Å². The number of rotatable bonds is 7. The van der Waals surface area contributed by atoms with Crippen LogP contribution in [0, 0.1) is 6.92 Å². The molecular weight excluding hydrogens is 596 g/mol. The fourth-order valence-electron chi connectivity index (χ4n) is 7.28. The highest BCUT2D eigenvalue weighted by molar-refractivity contribution is 5.88. The summed E-state index contributed by atoms with van der Waals surface area (Å²) < 4.78 is 28.4. The molecular formula is C34H46N2O10. The van der Waals surface area contributed by atoms with E-state index in [0.717, 1.165) is 23.2 Å². The molecule has 12 heteroatoms. The molecule has 0 unspecified atom stereocenters. The third-order valence-corrected chi connectivity index (χ3v) is 9.18. The third kappa shape index (κ3) is 5.97. The Morgan fingerprint density at radius 2 is 1.76 bits per heavy atom. The highest BCUT2D eigenvalue weighted by Gasteiger charge is 2.71. The van der Waals surface area contributed by atoms with Gasteiger partial charge < -0.3 is 39.0 Å². The van der Waals surface area contributed by atoms with Gasteiger partial charge >= 0.3 is 24.0 Å². The molecule has 2 N–H and O–H groups in total. The number of aliphatic hydroxyl groups is 1. The Morgan fingerprint density at radius 3 is 2.41 bits per heavy atom. The molecule has 12 nitrogen and oxygen atoms in total. The fourth-order valence-corrected chi connectivity index (χ4v) is 7.28. The summed E-state index contributed by atoms with van der Waals surface area (Å²) in [6, 6.07) is 2.48. The second-order valence-corrected chi connectivity index (χ2v) is 14.9. The first-order valence-corrected chi connectivity index (χ1v) is 15.8. The summed E-state index contributed by atoms with van der Waals surface area (Å²) in [5.74, 6) is -1.70. The van der Waals surface area contributed by atoms with Crippen molar-refractivity contribution in [2.24, 2.45) is 0 Å². The van der Waals surface area contributed by atoms with Gasteiger partial charge in [0.15, 0.2) is 12.2 Å². The van der Waals surface area contributed by atoms with E-state index >= 15 is 0 Å². The molecule has 6 atom stereocenters. The van der Waals surface area contributed by atoms with Crippen molar-refractivity contribution in [3.63, 3.8) is 0 Å². The lowest BCUT2D eigenvalue weighted by Gasteiger charge is -2.61. The Labute approximate surface area is 269 Å². The number of carbonyl (C=O) groups is 4. The van der Waals surface area contributed by atoms with Crippen LogP contribution in [0.4, 0.5) is 4.79 Å². The monoisotopic (exact) mass is 642 g/mol. The van der Waals surface area contributed by atoms with Crippen molar-refractivity contribution >= 4 is 24.0 Å². The number of benzene rings is 1. The SMILES string of the molecule is Cc1ccc2c3c1O[C@H]1C(OC(=O)[C@H](C)OC(=O)[C@H](CC(=O)OC(C)(C)C)NC(=O)OC(C)(C)C)=CC[C@@]4(O)[C@@H](C2)N(C)CC[C@]314. The highest BCUT2D eigenvalue weighted by Crippen LogP contribution is 2.64. The quantitative estimate of drug-likeness (QED) is 0.333. The maximum atomic E-state index is 13.4. The predicted octanol–water partition coefficient (Wildman–Crippen LogP) is 3.37. The second-order valence-electron chi connectivity index (χ2n) is 14.9. The molecule has 1 amide bonds. The van der Waals surface area contributed by atoms with E-state index in [2.05, 4.69) is 16.3 Å². The smallest absolute Gasteiger partial charge is 0.408 e. The molecule has 1 spiro atoms. The lowest BCUT2D eigenvalue weighted by Crippen LogP contribution is -2.74. The van der Waals surface area contributed by atoms with E-state index in [9.17, 15) is 24.3 Å². The van der Waals surface area contributed by atoms with Crippen molar-refractivity contribution < 1.29 is 48.0 Å². The molecule has 4 aliphatic rings. The summed E-state index contributed by atoms with van der Waals surface area (Å²) in [7, 11) is 2.02. The van der Waals surface area contributed by atoms with Crippen LogP contribution in [0.1, 0.15) is 84.4 Å². The Bertz CT molecular complexity index is 1440. The molecule has 1 aromatic carbocycles. The van der Waals surface area contributed by atoms with Crippen molar-refractivity contribution in [2.75, 3.05) is 13.6 Å². The van der Waals surface area contributed by atoms with Crippen LogP contribution < -0.4 is 10.1 Å². The number of carbonyl (C=O) groups excluding carboxylic acids is 4. The molecule has 0 saturated carbocycles. The molecule has 2 aliphatic carbocycles. The van der Waals surface area contributed by atoms with Crippen molar-refractivity contribution in [3.8, 4) is 5.75 Å². The van der Waals surface area contributed by atoms with Crippen molar-refractivity contribution in [1.82, 2.24) is 10.2 Å². The molecule has 46 heavy (non-hydrogen) atoms. The van der Waals surface area contributed by atoms with Gasteiger partial charge in [-0.15, -0.1) is 0 Å². The van der Waals surface area contributed by atoms with Crippen LogP contribution in [-0.4, -0.2) is 88.7 Å². The van der Waals surface area contributed by atoms with Crippen LogP contribution in [0.3, 0.4) is 0 Å². The van der Waals surface area contributed by atoms with Gasteiger partial charge in [0, 0.05) is 18.0 Å². The first kappa shape index (κ1) is 33.7.